The number of hydrogen-bond donors (Lipinski definition) is 1. The number of fused-ring (bicyclic) bond motifs is 3. The van der Waals surface area contributed by atoms with E-state index in [4.69, 9.17) is 9.47 Å². The lowest BCUT2D eigenvalue weighted by Crippen LogP contribution is -2.48. The highest BCUT2D eigenvalue weighted by atomic mass is 16.5. The fraction of sp³-hybridized carbons (Fsp3) is 0.684. The molecule has 3 atom stereocenters. The van der Waals surface area contributed by atoms with E-state index in [1.807, 2.05) is 0 Å². The highest BCUT2D eigenvalue weighted by molar-refractivity contribution is 5.49. The first-order chi connectivity index (χ1) is 11.0. The van der Waals surface area contributed by atoms with Gasteiger partial charge in [-0.15, -0.1) is 0 Å². The molecule has 23 heavy (non-hydrogen) atoms. The number of piperidine rings is 1. The molecule has 3 rings (SSSR count). The Morgan fingerprint density at radius 3 is 2.57 bits per heavy atom. The summed E-state index contributed by atoms with van der Waals surface area (Å²) < 4.78 is 10.9. The summed E-state index contributed by atoms with van der Waals surface area (Å²) in [7, 11) is 3.36. The fourth-order valence-electron chi connectivity index (χ4n) is 4.26. The molecule has 2 aliphatic rings. The average molecular weight is 319 g/mol. The Bertz CT molecular complexity index is 558. The molecule has 1 fully saturated rings. The largest absolute Gasteiger partial charge is 0.493 e. The predicted octanol–water partition coefficient (Wildman–Crippen LogP) is 3.03. The van der Waals surface area contributed by atoms with Gasteiger partial charge in [-0.2, -0.15) is 0 Å². The molecule has 2 heterocycles. The summed E-state index contributed by atoms with van der Waals surface area (Å²) in [4.78, 5) is 2.55. The Morgan fingerprint density at radius 2 is 1.91 bits per heavy atom. The molecule has 4 nitrogen and oxygen atoms in total. The van der Waals surface area contributed by atoms with Crippen molar-refractivity contribution in [1.29, 1.82) is 0 Å². The lowest BCUT2D eigenvalue weighted by atomic mass is 9.79. The molecule has 1 aromatic rings. The maximum absolute atomic E-state index is 10.6. The minimum atomic E-state index is -0.210. The molecule has 0 aromatic heterocycles. The van der Waals surface area contributed by atoms with Crippen LogP contribution >= 0.6 is 0 Å². The molecule has 1 saturated heterocycles. The summed E-state index contributed by atoms with van der Waals surface area (Å²) in [5, 5.41) is 10.6. The van der Waals surface area contributed by atoms with E-state index in [2.05, 4.69) is 30.9 Å². The van der Waals surface area contributed by atoms with Crippen LogP contribution in [0, 0.1) is 11.8 Å². The monoisotopic (exact) mass is 319 g/mol. The summed E-state index contributed by atoms with van der Waals surface area (Å²) >= 11 is 0. The Hall–Kier alpha value is -1.26. The zero-order valence-corrected chi connectivity index (χ0v) is 14.7. The van der Waals surface area contributed by atoms with E-state index in [-0.39, 0.29) is 6.10 Å². The van der Waals surface area contributed by atoms with Crippen molar-refractivity contribution in [3.63, 3.8) is 0 Å². The molecule has 0 saturated carbocycles. The Balaban J connectivity index is 1.87. The maximum Gasteiger partial charge on any atom is 0.161 e. The van der Waals surface area contributed by atoms with E-state index < -0.39 is 0 Å². The van der Waals surface area contributed by atoms with Gasteiger partial charge in [-0.25, -0.2) is 0 Å². The molecule has 1 aromatic carbocycles. The van der Waals surface area contributed by atoms with Crippen molar-refractivity contribution in [1.82, 2.24) is 4.90 Å². The molecule has 4 heteroatoms. The third kappa shape index (κ3) is 3.20. The molecule has 0 aliphatic carbocycles. The van der Waals surface area contributed by atoms with Crippen molar-refractivity contribution >= 4 is 0 Å². The van der Waals surface area contributed by atoms with Crippen LogP contribution < -0.4 is 9.47 Å². The number of aliphatic hydroxyl groups excluding tert-OH is 1. The predicted molar refractivity (Wildman–Crippen MR) is 91.1 cm³/mol. The third-order valence-corrected chi connectivity index (χ3v) is 5.37. The van der Waals surface area contributed by atoms with Gasteiger partial charge in [0.25, 0.3) is 0 Å². The Kier molecular flexibility index (Phi) is 4.83. The molecular formula is C19H29NO3. The van der Waals surface area contributed by atoms with E-state index in [1.165, 1.54) is 11.1 Å². The van der Waals surface area contributed by atoms with Gasteiger partial charge in [0, 0.05) is 19.1 Å². The minimum Gasteiger partial charge on any atom is -0.493 e. The third-order valence-electron chi connectivity index (χ3n) is 5.37. The zero-order chi connectivity index (χ0) is 16.6. The van der Waals surface area contributed by atoms with Crippen molar-refractivity contribution in [2.24, 2.45) is 11.8 Å². The van der Waals surface area contributed by atoms with Crippen molar-refractivity contribution in [3.05, 3.63) is 23.3 Å². The fourth-order valence-corrected chi connectivity index (χ4v) is 4.26. The highest BCUT2D eigenvalue weighted by Gasteiger charge is 2.38. The zero-order valence-electron chi connectivity index (χ0n) is 14.7. The number of ether oxygens (including phenoxy) is 2. The van der Waals surface area contributed by atoms with Crippen LogP contribution in [0.15, 0.2) is 12.1 Å². The molecule has 1 N–H and O–H groups in total. The topological polar surface area (TPSA) is 41.9 Å². The van der Waals surface area contributed by atoms with Crippen LogP contribution in [0.2, 0.25) is 0 Å². The number of hydrogen-bond acceptors (Lipinski definition) is 4. The van der Waals surface area contributed by atoms with E-state index in [0.717, 1.165) is 43.9 Å². The van der Waals surface area contributed by atoms with Crippen LogP contribution in [-0.4, -0.2) is 43.4 Å². The van der Waals surface area contributed by atoms with Crippen molar-refractivity contribution in [2.45, 2.75) is 45.3 Å². The van der Waals surface area contributed by atoms with E-state index in [0.29, 0.717) is 17.9 Å². The van der Waals surface area contributed by atoms with Crippen LogP contribution in [0.25, 0.3) is 0 Å². The molecule has 0 spiro atoms. The van der Waals surface area contributed by atoms with Gasteiger partial charge >= 0.3 is 0 Å². The highest BCUT2D eigenvalue weighted by Crippen LogP contribution is 2.43. The smallest absolute Gasteiger partial charge is 0.161 e. The van der Waals surface area contributed by atoms with Crippen LogP contribution in [0.5, 0.6) is 11.5 Å². The number of aliphatic hydroxyl groups is 1. The Morgan fingerprint density at radius 1 is 1.22 bits per heavy atom. The van der Waals surface area contributed by atoms with Gasteiger partial charge in [0.05, 0.1) is 20.3 Å². The molecule has 2 aliphatic heterocycles. The molecule has 0 unspecified atom stereocenters. The lowest BCUT2D eigenvalue weighted by Gasteiger charge is -2.46. The summed E-state index contributed by atoms with van der Waals surface area (Å²) in [6.45, 7) is 6.54. The molecular weight excluding hydrogens is 290 g/mol. The van der Waals surface area contributed by atoms with E-state index >= 15 is 0 Å². The summed E-state index contributed by atoms with van der Waals surface area (Å²) in [6.07, 6.45) is 2.75. The van der Waals surface area contributed by atoms with Crippen LogP contribution in [0.1, 0.15) is 43.9 Å². The van der Waals surface area contributed by atoms with Gasteiger partial charge in [-0.3, -0.25) is 4.90 Å². The maximum atomic E-state index is 10.6. The number of rotatable bonds is 4. The minimum absolute atomic E-state index is 0.210. The summed E-state index contributed by atoms with van der Waals surface area (Å²) in [5.74, 6) is 2.61. The van der Waals surface area contributed by atoms with Crippen molar-refractivity contribution in [3.8, 4) is 11.5 Å². The second-order valence-electron chi connectivity index (χ2n) is 7.36. The van der Waals surface area contributed by atoms with Gasteiger partial charge in [0.1, 0.15) is 0 Å². The van der Waals surface area contributed by atoms with Crippen LogP contribution in [0.3, 0.4) is 0 Å². The first kappa shape index (κ1) is 16.6. The van der Waals surface area contributed by atoms with Gasteiger partial charge < -0.3 is 14.6 Å². The molecule has 0 amide bonds. The normalized spacial score (nSPS) is 27.5. The standard InChI is InChI=1S/C19H29NO3/c1-12(2)7-14-11-20-6-5-13-8-18(22-3)19(23-4)9-15(13)16(20)10-17(14)21/h8-9,12,14,16-17,21H,5-7,10-11H2,1-4H3/t14-,16+,17+/m1/s1. The van der Waals surface area contributed by atoms with E-state index in [1.54, 1.807) is 14.2 Å². The van der Waals surface area contributed by atoms with Gasteiger partial charge in [0.2, 0.25) is 0 Å². The molecule has 0 bridgehead atoms. The summed E-state index contributed by atoms with van der Waals surface area (Å²) in [5.41, 5.74) is 2.63. The number of nitrogens with zero attached hydrogens (tertiary/aromatic N) is 1. The second kappa shape index (κ2) is 6.70. The SMILES string of the molecule is COc1cc2c(cc1OC)[C@@H]1C[C@H](O)[C@H](CC(C)C)CN1CC2. The van der Waals surface area contributed by atoms with Gasteiger partial charge in [-0.05, 0) is 54.4 Å². The Labute approximate surface area is 139 Å². The molecule has 128 valence electrons. The molecule has 0 radical (unpaired) electrons. The van der Waals surface area contributed by atoms with Crippen LogP contribution in [0.4, 0.5) is 0 Å². The number of benzene rings is 1. The quantitative estimate of drug-likeness (QED) is 0.926. The van der Waals surface area contributed by atoms with Gasteiger partial charge in [-0.1, -0.05) is 13.8 Å². The van der Waals surface area contributed by atoms with Gasteiger partial charge in [0.15, 0.2) is 11.5 Å². The lowest BCUT2D eigenvalue weighted by molar-refractivity contribution is -0.0191. The van der Waals surface area contributed by atoms with Crippen LogP contribution in [-0.2, 0) is 6.42 Å². The first-order valence-corrected chi connectivity index (χ1v) is 8.70. The number of methoxy groups -OCH3 is 2. The second-order valence-corrected chi connectivity index (χ2v) is 7.36. The van der Waals surface area contributed by atoms with Crippen molar-refractivity contribution < 1.29 is 14.6 Å². The van der Waals surface area contributed by atoms with E-state index in [9.17, 15) is 5.11 Å². The average Bonchev–Trinajstić information content (AvgIpc) is 2.53. The first-order valence-electron chi connectivity index (χ1n) is 8.70. The van der Waals surface area contributed by atoms with Crippen molar-refractivity contribution in [2.75, 3.05) is 27.3 Å². The summed E-state index contributed by atoms with van der Waals surface area (Å²) in [6, 6.07) is 4.52.